The molecule has 0 spiro atoms. The van der Waals surface area contributed by atoms with Gasteiger partial charge in [-0.1, -0.05) is 20.8 Å². The van der Waals surface area contributed by atoms with E-state index in [1.54, 1.807) is 0 Å². The predicted octanol–water partition coefficient (Wildman–Crippen LogP) is 2.04. The van der Waals surface area contributed by atoms with Crippen LogP contribution in [-0.2, 0) is 17.7 Å². The second kappa shape index (κ2) is 6.50. The highest BCUT2D eigenvalue weighted by molar-refractivity contribution is 7.15. The van der Waals surface area contributed by atoms with Crippen LogP contribution in [0, 0.1) is 0 Å². The first-order chi connectivity index (χ1) is 8.70. The fraction of sp³-hybridized carbons (Fsp3) is 0.769. The standard InChI is InChI=1S/C13H23N3OS/c1-4-11-12(9-14-10(2)3)18-13(15-11)16-5-7-17-8-6-16/h10,14H,4-9H2,1-3H3. The summed E-state index contributed by atoms with van der Waals surface area (Å²) in [6.07, 6.45) is 1.01. The maximum atomic E-state index is 5.39. The lowest BCUT2D eigenvalue weighted by Gasteiger charge is -2.26. The summed E-state index contributed by atoms with van der Waals surface area (Å²) in [5.41, 5.74) is 1.25. The Morgan fingerprint density at radius 1 is 1.39 bits per heavy atom. The molecule has 0 radical (unpaired) electrons. The monoisotopic (exact) mass is 269 g/mol. The fourth-order valence-electron chi connectivity index (χ4n) is 1.97. The molecule has 0 aliphatic carbocycles. The average Bonchev–Trinajstić information content (AvgIpc) is 2.80. The van der Waals surface area contributed by atoms with E-state index in [9.17, 15) is 0 Å². The van der Waals surface area contributed by atoms with E-state index in [0.29, 0.717) is 6.04 Å². The molecule has 1 aromatic rings. The second-order valence-corrected chi connectivity index (χ2v) is 5.92. The lowest BCUT2D eigenvalue weighted by molar-refractivity contribution is 0.122. The van der Waals surface area contributed by atoms with E-state index in [2.05, 4.69) is 31.0 Å². The molecule has 2 rings (SSSR count). The van der Waals surface area contributed by atoms with Gasteiger partial charge in [-0.05, 0) is 6.42 Å². The summed E-state index contributed by atoms with van der Waals surface area (Å²) in [4.78, 5) is 8.50. The summed E-state index contributed by atoms with van der Waals surface area (Å²) in [6, 6.07) is 0.517. The number of nitrogens with zero attached hydrogens (tertiary/aromatic N) is 2. The molecular formula is C13H23N3OS. The number of ether oxygens (including phenoxy) is 1. The SMILES string of the molecule is CCc1nc(N2CCOCC2)sc1CNC(C)C. The summed E-state index contributed by atoms with van der Waals surface area (Å²) in [5, 5.41) is 4.64. The quantitative estimate of drug-likeness (QED) is 0.887. The number of hydrogen-bond donors (Lipinski definition) is 1. The maximum absolute atomic E-state index is 5.39. The van der Waals surface area contributed by atoms with Gasteiger partial charge in [0.15, 0.2) is 5.13 Å². The highest BCUT2D eigenvalue weighted by Gasteiger charge is 2.17. The Morgan fingerprint density at radius 2 is 2.11 bits per heavy atom. The molecular weight excluding hydrogens is 246 g/mol. The Balaban J connectivity index is 2.07. The predicted molar refractivity (Wildman–Crippen MR) is 76.5 cm³/mol. The molecule has 0 atom stereocenters. The molecule has 1 aliphatic heterocycles. The van der Waals surface area contributed by atoms with Gasteiger partial charge >= 0.3 is 0 Å². The van der Waals surface area contributed by atoms with Gasteiger partial charge in [0.25, 0.3) is 0 Å². The van der Waals surface area contributed by atoms with Crippen molar-refractivity contribution in [3.63, 3.8) is 0 Å². The summed E-state index contributed by atoms with van der Waals surface area (Å²) >= 11 is 1.83. The van der Waals surface area contributed by atoms with Gasteiger partial charge < -0.3 is 15.0 Å². The number of thiazole rings is 1. The summed E-state index contributed by atoms with van der Waals surface area (Å²) in [5.74, 6) is 0. The first kappa shape index (κ1) is 13.8. The van der Waals surface area contributed by atoms with Crippen molar-refractivity contribution in [2.24, 2.45) is 0 Å². The Morgan fingerprint density at radius 3 is 2.72 bits per heavy atom. The number of rotatable bonds is 5. The van der Waals surface area contributed by atoms with Gasteiger partial charge in [-0.2, -0.15) is 0 Å². The van der Waals surface area contributed by atoms with Crippen LogP contribution in [0.25, 0.3) is 0 Å². The molecule has 18 heavy (non-hydrogen) atoms. The minimum atomic E-state index is 0.517. The summed E-state index contributed by atoms with van der Waals surface area (Å²) < 4.78 is 5.39. The number of nitrogens with one attached hydrogen (secondary N) is 1. The van der Waals surface area contributed by atoms with E-state index < -0.39 is 0 Å². The van der Waals surface area contributed by atoms with Crippen LogP contribution >= 0.6 is 11.3 Å². The lowest BCUT2D eigenvalue weighted by atomic mass is 10.3. The number of anilines is 1. The van der Waals surface area contributed by atoms with Gasteiger partial charge in [-0.3, -0.25) is 0 Å². The minimum Gasteiger partial charge on any atom is -0.378 e. The van der Waals surface area contributed by atoms with Crippen molar-refractivity contribution in [3.05, 3.63) is 10.6 Å². The smallest absolute Gasteiger partial charge is 0.185 e. The lowest BCUT2D eigenvalue weighted by Crippen LogP contribution is -2.36. The zero-order chi connectivity index (χ0) is 13.0. The van der Waals surface area contributed by atoms with E-state index in [4.69, 9.17) is 9.72 Å². The van der Waals surface area contributed by atoms with Crippen LogP contribution in [0.3, 0.4) is 0 Å². The Kier molecular flexibility index (Phi) is 4.97. The first-order valence-electron chi connectivity index (χ1n) is 6.75. The highest BCUT2D eigenvalue weighted by atomic mass is 32.1. The van der Waals surface area contributed by atoms with Crippen LogP contribution in [0.15, 0.2) is 0 Å². The van der Waals surface area contributed by atoms with Gasteiger partial charge in [0.1, 0.15) is 0 Å². The van der Waals surface area contributed by atoms with Crippen molar-refractivity contribution < 1.29 is 4.74 Å². The molecule has 1 aromatic heterocycles. The van der Waals surface area contributed by atoms with Crippen LogP contribution in [-0.4, -0.2) is 37.3 Å². The van der Waals surface area contributed by atoms with Gasteiger partial charge in [0, 0.05) is 30.6 Å². The summed E-state index contributed by atoms with van der Waals surface area (Å²) in [7, 11) is 0. The van der Waals surface area contributed by atoms with Crippen LogP contribution in [0.5, 0.6) is 0 Å². The van der Waals surface area contributed by atoms with E-state index in [1.165, 1.54) is 10.6 Å². The molecule has 0 aromatic carbocycles. The number of morpholine rings is 1. The molecule has 0 bridgehead atoms. The first-order valence-corrected chi connectivity index (χ1v) is 7.57. The number of aryl methyl sites for hydroxylation is 1. The Labute approximate surface area is 113 Å². The van der Waals surface area contributed by atoms with Crippen LogP contribution in [0.2, 0.25) is 0 Å². The third-order valence-electron chi connectivity index (χ3n) is 3.05. The van der Waals surface area contributed by atoms with Gasteiger partial charge in [0.2, 0.25) is 0 Å². The molecule has 0 unspecified atom stereocenters. The maximum Gasteiger partial charge on any atom is 0.185 e. The Bertz CT molecular complexity index is 372. The van der Waals surface area contributed by atoms with Crippen molar-refractivity contribution in [3.8, 4) is 0 Å². The molecule has 0 amide bonds. The zero-order valence-electron chi connectivity index (χ0n) is 11.5. The van der Waals surface area contributed by atoms with Crippen LogP contribution < -0.4 is 10.2 Å². The van der Waals surface area contributed by atoms with Gasteiger partial charge in [0.05, 0.1) is 18.9 Å². The Hall–Kier alpha value is -0.650. The molecule has 4 nitrogen and oxygen atoms in total. The molecule has 102 valence electrons. The van der Waals surface area contributed by atoms with Crippen molar-refractivity contribution in [2.45, 2.75) is 39.8 Å². The number of hydrogen-bond acceptors (Lipinski definition) is 5. The second-order valence-electron chi connectivity index (χ2n) is 4.85. The van der Waals surface area contributed by atoms with Crippen LogP contribution in [0.4, 0.5) is 5.13 Å². The molecule has 1 N–H and O–H groups in total. The topological polar surface area (TPSA) is 37.4 Å². The zero-order valence-corrected chi connectivity index (χ0v) is 12.3. The van der Waals surface area contributed by atoms with Crippen molar-refractivity contribution >= 4 is 16.5 Å². The minimum absolute atomic E-state index is 0.517. The molecule has 5 heteroatoms. The van der Waals surface area contributed by atoms with Crippen LogP contribution in [0.1, 0.15) is 31.3 Å². The van der Waals surface area contributed by atoms with Gasteiger partial charge in [-0.25, -0.2) is 4.98 Å². The largest absolute Gasteiger partial charge is 0.378 e. The number of aromatic nitrogens is 1. The van der Waals surface area contributed by atoms with E-state index in [-0.39, 0.29) is 0 Å². The van der Waals surface area contributed by atoms with Gasteiger partial charge in [-0.15, -0.1) is 11.3 Å². The van der Waals surface area contributed by atoms with E-state index >= 15 is 0 Å². The highest BCUT2D eigenvalue weighted by Crippen LogP contribution is 2.27. The van der Waals surface area contributed by atoms with Crippen molar-refractivity contribution in [1.82, 2.24) is 10.3 Å². The normalized spacial score (nSPS) is 16.6. The third-order valence-corrected chi connectivity index (χ3v) is 4.21. The average molecular weight is 269 g/mol. The molecule has 1 fully saturated rings. The molecule has 1 aliphatic rings. The van der Waals surface area contributed by atoms with E-state index in [0.717, 1.165) is 44.4 Å². The van der Waals surface area contributed by atoms with E-state index in [1.807, 2.05) is 11.3 Å². The fourth-order valence-corrected chi connectivity index (χ4v) is 3.12. The molecule has 1 saturated heterocycles. The van der Waals surface area contributed by atoms with Crippen molar-refractivity contribution in [2.75, 3.05) is 31.2 Å². The molecule has 0 saturated carbocycles. The molecule has 2 heterocycles. The summed E-state index contributed by atoms with van der Waals surface area (Å²) in [6.45, 7) is 11.0. The van der Waals surface area contributed by atoms with Crippen molar-refractivity contribution in [1.29, 1.82) is 0 Å². The third kappa shape index (κ3) is 3.43.